The number of hydrogen-bond acceptors (Lipinski definition) is 4. The molecule has 0 saturated carbocycles. The number of piperazine rings is 1. The van der Waals surface area contributed by atoms with Crippen LogP contribution in [0, 0.1) is 5.82 Å². The monoisotopic (exact) mass is 380 g/mol. The molecule has 1 aromatic carbocycles. The molecule has 0 unspecified atom stereocenters. The molecule has 1 saturated heterocycles. The van der Waals surface area contributed by atoms with Gasteiger partial charge in [-0.3, -0.25) is 9.69 Å². The number of carbonyl (C=O) groups is 2. The summed E-state index contributed by atoms with van der Waals surface area (Å²) in [5.41, 5.74) is 5.82. The highest BCUT2D eigenvalue weighted by atomic mass is 19.1. The van der Waals surface area contributed by atoms with E-state index in [1.807, 2.05) is 4.90 Å². The second-order valence-corrected chi connectivity index (χ2v) is 6.71. The van der Waals surface area contributed by atoms with Crippen molar-refractivity contribution in [2.75, 3.05) is 39.8 Å². The summed E-state index contributed by atoms with van der Waals surface area (Å²) in [5.74, 6) is 0.576. The van der Waals surface area contributed by atoms with E-state index in [1.54, 1.807) is 13.2 Å². The van der Waals surface area contributed by atoms with Gasteiger partial charge in [0.1, 0.15) is 11.6 Å². The van der Waals surface area contributed by atoms with Gasteiger partial charge in [0.05, 0.1) is 7.11 Å². The third-order valence-electron chi connectivity index (χ3n) is 4.73. The molecule has 27 heavy (non-hydrogen) atoms. The minimum absolute atomic E-state index is 0.167. The van der Waals surface area contributed by atoms with Gasteiger partial charge in [-0.2, -0.15) is 0 Å². The fourth-order valence-electron chi connectivity index (χ4n) is 3.21. The summed E-state index contributed by atoms with van der Waals surface area (Å²) in [5, 5.41) is 2.54. The van der Waals surface area contributed by atoms with Gasteiger partial charge in [0.15, 0.2) is 0 Å². The molecule has 7 nitrogen and oxygen atoms in total. The van der Waals surface area contributed by atoms with E-state index in [1.165, 1.54) is 12.1 Å². The molecule has 0 aliphatic carbocycles. The zero-order valence-electron chi connectivity index (χ0n) is 15.9. The Kier molecular flexibility index (Phi) is 8.32. The molecule has 150 valence electrons. The number of unbranched alkanes of at least 4 members (excludes halogenated alkanes) is 2. The van der Waals surface area contributed by atoms with Crippen molar-refractivity contribution in [3.8, 4) is 5.75 Å². The van der Waals surface area contributed by atoms with Crippen LogP contribution >= 0.6 is 0 Å². The molecular formula is C19H29FN4O3. The number of rotatable bonds is 9. The normalized spacial score (nSPS) is 14.8. The van der Waals surface area contributed by atoms with Gasteiger partial charge in [0.25, 0.3) is 0 Å². The van der Waals surface area contributed by atoms with Crippen LogP contribution in [-0.4, -0.2) is 61.6 Å². The van der Waals surface area contributed by atoms with E-state index in [4.69, 9.17) is 10.5 Å². The van der Waals surface area contributed by atoms with Crippen molar-refractivity contribution in [3.63, 3.8) is 0 Å². The van der Waals surface area contributed by atoms with Crippen LogP contribution in [0.25, 0.3) is 0 Å². The molecule has 0 spiro atoms. The molecular weight excluding hydrogens is 351 g/mol. The molecule has 3 N–H and O–H groups in total. The average molecular weight is 380 g/mol. The van der Waals surface area contributed by atoms with Crippen molar-refractivity contribution in [2.45, 2.75) is 32.2 Å². The quantitative estimate of drug-likeness (QED) is 0.639. The van der Waals surface area contributed by atoms with E-state index in [9.17, 15) is 14.0 Å². The van der Waals surface area contributed by atoms with Crippen LogP contribution in [0.2, 0.25) is 0 Å². The van der Waals surface area contributed by atoms with E-state index >= 15 is 0 Å². The number of urea groups is 1. The zero-order valence-corrected chi connectivity index (χ0v) is 15.9. The molecule has 1 aromatic rings. The van der Waals surface area contributed by atoms with Gasteiger partial charge in [0.2, 0.25) is 5.91 Å². The van der Waals surface area contributed by atoms with Gasteiger partial charge in [0, 0.05) is 51.3 Å². The minimum Gasteiger partial charge on any atom is -0.496 e. The number of carbonyl (C=O) groups excluding carboxylic acids is 2. The molecule has 0 atom stereocenters. The molecule has 1 aliphatic heterocycles. The molecule has 1 fully saturated rings. The second kappa shape index (κ2) is 10.7. The Hall–Kier alpha value is -2.35. The van der Waals surface area contributed by atoms with E-state index in [0.29, 0.717) is 38.3 Å². The summed E-state index contributed by atoms with van der Waals surface area (Å²) in [7, 11) is 1.58. The summed E-state index contributed by atoms with van der Waals surface area (Å²) in [6.45, 7) is 4.03. The van der Waals surface area contributed by atoms with Gasteiger partial charge in [-0.1, -0.05) is 6.42 Å². The minimum atomic E-state index is -0.514. The lowest BCUT2D eigenvalue weighted by Gasteiger charge is -2.35. The topological polar surface area (TPSA) is 87.9 Å². The number of amides is 3. The highest BCUT2D eigenvalue weighted by Gasteiger charge is 2.21. The molecule has 0 bridgehead atoms. The smallest absolute Gasteiger partial charge is 0.312 e. The number of nitrogens with one attached hydrogen (secondary N) is 1. The maximum absolute atomic E-state index is 13.5. The maximum Gasteiger partial charge on any atom is 0.312 e. The number of primary amides is 1. The van der Waals surface area contributed by atoms with Crippen molar-refractivity contribution >= 4 is 11.9 Å². The summed E-state index contributed by atoms with van der Waals surface area (Å²) in [4.78, 5) is 27.0. The number of hydrogen-bond donors (Lipinski definition) is 2. The van der Waals surface area contributed by atoms with Crippen molar-refractivity contribution in [1.29, 1.82) is 0 Å². The third-order valence-corrected chi connectivity index (χ3v) is 4.73. The molecule has 0 aromatic heterocycles. The molecule has 3 amide bonds. The van der Waals surface area contributed by atoms with Crippen LogP contribution in [0.15, 0.2) is 18.2 Å². The van der Waals surface area contributed by atoms with Crippen LogP contribution < -0.4 is 15.8 Å². The number of methoxy groups -OCH3 is 1. The lowest BCUT2D eigenvalue weighted by Crippen LogP contribution is -2.48. The molecule has 1 heterocycles. The van der Waals surface area contributed by atoms with Crippen LogP contribution in [0.5, 0.6) is 5.75 Å². The number of nitrogens with zero attached hydrogens (tertiary/aromatic N) is 2. The first-order valence-corrected chi connectivity index (χ1v) is 9.35. The van der Waals surface area contributed by atoms with Crippen molar-refractivity contribution in [1.82, 2.24) is 15.1 Å². The number of ether oxygens (including phenoxy) is 1. The first-order valence-electron chi connectivity index (χ1n) is 9.35. The van der Waals surface area contributed by atoms with Crippen molar-refractivity contribution < 1.29 is 18.7 Å². The Morgan fingerprint density at radius 3 is 2.59 bits per heavy atom. The van der Waals surface area contributed by atoms with Gasteiger partial charge >= 0.3 is 6.03 Å². The van der Waals surface area contributed by atoms with Crippen LogP contribution in [0.1, 0.15) is 31.2 Å². The van der Waals surface area contributed by atoms with E-state index in [-0.39, 0.29) is 11.7 Å². The highest BCUT2D eigenvalue weighted by molar-refractivity contribution is 5.76. The van der Waals surface area contributed by atoms with Gasteiger partial charge in [-0.05, 0) is 31.0 Å². The van der Waals surface area contributed by atoms with Crippen molar-refractivity contribution in [2.24, 2.45) is 5.73 Å². The maximum atomic E-state index is 13.5. The van der Waals surface area contributed by atoms with Gasteiger partial charge < -0.3 is 20.7 Å². The van der Waals surface area contributed by atoms with E-state index in [2.05, 4.69) is 10.2 Å². The van der Waals surface area contributed by atoms with E-state index in [0.717, 1.165) is 37.9 Å². The Labute approximate surface area is 159 Å². The van der Waals surface area contributed by atoms with Crippen LogP contribution in [0.3, 0.4) is 0 Å². The summed E-state index contributed by atoms with van der Waals surface area (Å²) in [6, 6.07) is 4.02. The highest BCUT2D eigenvalue weighted by Crippen LogP contribution is 2.21. The third kappa shape index (κ3) is 7.05. The predicted octanol–water partition coefficient (Wildman–Crippen LogP) is 1.71. The van der Waals surface area contributed by atoms with E-state index < -0.39 is 6.03 Å². The molecule has 0 radical (unpaired) electrons. The number of benzene rings is 1. The lowest BCUT2D eigenvalue weighted by molar-refractivity contribution is -0.133. The predicted molar refractivity (Wildman–Crippen MR) is 101 cm³/mol. The average Bonchev–Trinajstić information content (AvgIpc) is 2.65. The number of halogens is 1. The molecule has 2 rings (SSSR count). The Morgan fingerprint density at radius 2 is 1.93 bits per heavy atom. The van der Waals surface area contributed by atoms with Gasteiger partial charge in [-0.15, -0.1) is 0 Å². The first kappa shape index (κ1) is 21.0. The SMILES string of the molecule is COc1ccc(F)cc1CN1CCN(C(=O)CCCCCNC(N)=O)CC1. The molecule has 1 aliphatic rings. The summed E-state index contributed by atoms with van der Waals surface area (Å²) in [6.07, 6.45) is 3.03. The Balaban J connectivity index is 1.68. The summed E-state index contributed by atoms with van der Waals surface area (Å²) >= 11 is 0. The fraction of sp³-hybridized carbons (Fsp3) is 0.579. The molecule has 8 heteroatoms. The second-order valence-electron chi connectivity index (χ2n) is 6.71. The van der Waals surface area contributed by atoms with Crippen molar-refractivity contribution in [3.05, 3.63) is 29.6 Å². The first-order chi connectivity index (χ1) is 13.0. The Morgan fingerprint density at radius 1 is 1.19 bits per heavy atom. The number of nitrogens with two attached hydrogens (primary N) is 1. The fourth-order valence-corrected chi connectivity index (χ4v) is 3.21. The Bertz CT molecular complexity index is 633. The lowest BCUT2D eigenvalue weighted by atomic mass is 10.1. The largest absolute Gasteiger partial charge is 0.496 e. The van der Waals surface area contributed by atoms with Crippen LogP contribution in [-0.2, 0) is 11.3 Å². The standard InChI is InChI=1S/C19H29FN4O3/c1-27-17-7-6-16(20)13-15(17)14-23-9-11-24(12-10-23)18(25)5-3-2-4-8-22-19(21)26/h6-7,13H,2-5,8-12,14H2,1H3,(H3,21,22,26). The van der Waals surface area contributed by atoms with Crippen LogP contribution in [0.4, 0.5) is 9.18 Å². The summed E-state index contributed by atoms with van der Waals surface area (Å²) < 4.78 is 18.8. The van der Waals surface area contributed by atoms with Gasteiger partial charge in [-0.25, -0.2) is 9.18 Å². The zero-order chi connectivity index (χ0) is 19.6.